The molecule has 0 bridgehead atoms. The van der Waals surface area contributed by atoms with Crippen molar-refractivity contribution in [2.45, 2.75) is 88.8 Å². The fraction of sp³-hybridized carbons (Fsp3) is 0.581. The van der Waals surface area contributed by atoms with Crippen LogP contribution in [0.15, 0.2) is 36.9 Å². The minimum Gasteiger partial charge on any atom is -0.446 e. The number of nitrogens with zero attached hydrogens (tertiary/aromatic N) is 2. The van der Waals surface area contributed by atoms with Crippen LogP contribution in [0.3, 0.4) is 0 Å². The van der Waals surface area contributed by atoms with E-state index in [0.717, 1.165) is 30.6 Å². The zero-order valence-electron chi connectivity index (χ0n) is 25.6. The van der Waals surface area contributed by atoms with Crippen LogP contribution in [-0.4, -0.2) is 87.1 Å². The molecule has 1 aromatic carbocycles. The Morgan fingerprint density at radius 3 is 2.23 bits per heavy atom. The number of alkyl carbamates (subject to hydrolysis) is 1. The Morgan fingerprint density at radius 2 is 1.73 bits per heavy atom. The number of amides is 5. The molecule has 13 heteroatoms. The number of carbonyl (C=O) groups excluding carboxylic acids is 5. The van der Waals surface area contributed by atoms with Gasteiger partial charge in [-0.1, -0.05) is 39.0 Å². The fourth-order valence-electron chi connectivity index (χ4n) is 6.73. The molecule has 2 heterocycles. The Bertz CT molecular complexity index is 1410. The summed E-state index contributed by atoms with van der Waals surface area (Å²) >= 11 is 0. The summed E-state index contributed by atoms with van der Waals surface area (Å²) in [4.78, 5) is 80.7. The molecule has 2 aliphatic carbocycles. The van der Waals surface area contributed by atoms with Gasteiger partial charge in [0.25, 0.3) is 11.8 Å². The highest BCUT2D eigenvalue weighted by Crippen LogP contribution is 2.67. The maximum atomic E-state index is 14.3. The minimum absolute atomic E-state index is 0.0826. The van der Waals surface area contributed by atoms with Gasteiger partial charge < -0.3 is 25.2 Å². The van der Waals surface area contributed by atoms with E-state index in [0.29, 0.717) is 0 Å². The summed E-state index contributed by atoms with van der Waals surface area (Å²) in [5.74, 6) is -2.74. The van der Waals surface area contributed by atoms with E-state index < -0.39 is 71.8 Å². The van der Waals surface area contributed by atoms with Gasteiger partial charge in [0.1, 0.15) is 23.5 Å². The first-order valence-electron chi connectivity index (χ1n) is 15.1. The summed E-state index contributed by atoms with van der Waals surface area (Å²) in [5, 5.41) is 4.03. The molecular formula is C31H41N4O8P. The maximum absolute atomic E-state index is 14.3. The summed E-state index contributed by atoms with van der Waals surface area (Å²) in [5.41, 5.74) is -0.328. The molecule has 2 saturated carbocycles. The van der Waals surface area contributed by atoms with Crippen LogP contribution >= 0.6 is 7.37 Å². The molecule has 238 valence electrons. The predicted octanol–water partition coefficient (Wildman–Crippen LogP) is 3.25. The summed E-state index contributed by atoms with van der Waals surface area (Å²) in [7, 11) is -3.84. The first kappa shape index (κ1) is 31.9. The summed E-state index contributed by atoms with van der Waals surface area (Å²) < 4.78 is 18.4. The molecule has 5 rings (SSSR count). The molecule has 0 radical (unpaired) electrons. The fourth-order valence-corrected chi connectivity index (χ4v) is 8.31. The van der Waals surface area contributed by atoms with E-state index in [1.165, 1.54) is 17.6 Å². The number of carbonyl (C=O) groups is 5. The van der Waals surface area contributed by atoms with Gasteiger partial charge in [-0.25, -0.2) is 4.79 Å². The third-order valence-corrected chi connectivity index (χ3v) is 11.5. The first-order chi connectivity index (χ1) is 20.6. The third kappa shape index (κ3) is 5.70. The Balaban J connectivity index is 1.44. The molecule has 1 saturated heterocycles. The van der Waals surface area contributed by atoms with Gasteiger partial charge in [0, 0.05) is 19.1 Å². The van der Waals surface area contributed by atoms with E-state index in [-0.39, 0.29) is 36.6 Å². The van der Waals surface area contributed by atoms with Crippen LogP contribution in [0.4, 0.5) is 4.79 Å². The first-order valence-corrected chi connectivity index (χ1v) is 17.2. The van der Waals surface area contributed by atoms with Gasteiger partial charge in [-0.2, -0.15) is 0 Å². The zero-order chi connectivity index (χ0) is 32.2. The molecule has 0 aromatic heterocycles. The molecule has 12 nitrogen and oxygen atoms in total. The number of nitrogens with one attached hydrogen (secondary N) is 2. The Kier molecular flexibility index (Phi) is 8.31. The SMILES string of the molecule is C=CC1CC1(NC(=O)[C@@H]1C[C@@H](N2C(=O)c3ccccc3C2=O)CN1C(=O)[C@@H](NC(=O)OC1CCCC1)C(C)(C)C)P(C)(=O)O. The molecule has 0 spiro atoms. The number of rotatable bonds is 8. The molecule has 3 N–H and O–H groups in total. The van der Waals surface area contributed by atoms with Crippen LogP contribution in [-0.2, 0) is 18.9 Å². The largest absolute Gasteiger partial charge is 0.446 e. The summed E-state index contributed by atoms with van der Waals surface area (Å²) in [6.45, 7) is 10.0. The quantitative estimate of drug-likeness (QED) is 0.225. The lowest BCUT2D eigenvalue weighted by Gasteiger charge is -2.36. The monoisotopic (exact) mass is 628 g/mol. The summed E-state index contributed by atoms with van der Waals surface area (Å²) in [6.07, 6.45) is 4.09. The molecule has 44 heavy (non-hydrogen) atoms. The van der Waals surface area contributed by atoms with Gasteiger partial charge >= 0.3 is 6.09 Å². The van der Waals surface area contributed by atoms with Crippen molar-refractivity contribution in [3.8, 4) is 0 Å². The second-order valence-electron chi connectivity index (χ2n) is 13.5. The van der Waals surface area contributed by atoms with Crippen LogP contribution in [0.1, 0.15) is 80.0 Å². The van der Waals surface area contributed by atoms with Crippen LogP contribution in [0.25, 0.3) is 0 Å². The number of benzene rings is 1. The zero-order valence-corrected chi connectivity index (χ0v) is 26.5. The minimum atomic E-state index is -3.84. The van der Waals surface area contributed by atoms with Gasteiger partial charge in [-0.3, -0.25) is 28.6 Å². The highest BCUT2D eigenvalue weighted by atomic mass is 31.2. The highest BCUT2D eigenvalue weighted by Gasteiger charge is 2.64. The number of hydrogen-bond acceptors (Lipinski definition) is 7. The maximum Gasteiger partial charge on any atom is 0.408 e. The molecule has 2 aliphatic heterocycles. The average molecular weight is 629 g/mol. The Labute approximate surface area is 257 Å². The van der Waals surface area contributed by atoms with E-state index in [9.17, 15) is 33.4 Å². The van der Waals surface area contributed by atoms with Crippen molar-refractivity contribution in [3.05, 3.63) is 48.0 Å². The highest BCUT2D eigenvalue weighted by molar-refractivity contribution is 7.59. The summed E-state index contributed by atoms with van der Waals surface area (Å²) in [6, 6.07) is 3.27. The normalized spacial score (nSPS) is 28.7. The van der Waals surface area contributed by atoms with Crippen molar-refractivity contribution in [1.29, 1.82) is 0 Å². The van der Waals surface area contributed by atoms with E-state index in [1.807, 2.05) is 0 Å². The number of imide groups is 1. The van der Waals surface area contributed by atoms with Gasteiger partial charge in [0.05, 0.1) is 17.2 Å². The lowest BCUT2D eigenvalue weighted by molar-refractivity contribution is -0.142. The molecule has 4 aliphatic rings. The van der Waals surface area contributed by atoms with Crippen molar-refractivity contribution in [2.75, 3.05) is 13.2 Å². The van der Waals surface area contributed by atoms with Gasteiger partial charge in [0.15, 0.2) is 0 Å². The van der Waals surface area contributed by atoms with E-state index in [1.54, 1.807) is 45.0 Å². The Hall–Kier alpha value is -3.50. The van der Waals surface area contributed by atoms with Crippen LogP contribution < -0.4 is 10.6 Å². The van der Waals surface area contributed by atoms with E-state index in [2.05, 4.69) is 17.2 Å². The number of likely N-dealkylation sites (tertiary alicyclic amines) is 1. The van der Waals surface area contributed by atoms with Crippen molar-refractivity contribution in [3.63, 3.8) is 0 Å². The molecule has 3 fully saturated rings. The van der Waals surface area contributed by atoms with Gasteiger partial charge in [0.2, 0.25) is 19.2 Å². The van der Waals surface area contributed by atoms with Crippen molar-refractivity contribution in [1.82, 2.24) is 20.4 Å². The lowest BCUT2D eigenvalue weighted by Crippen LogP contribution is -2.58. The number of fused-ring (bicyclic) bond motifs is 1. The van der Waals surface area contributed by atoms with Gasteiger partial charge in [-0.05, 0) is 56.1 Å². The predicted molar refractivity (Wildman–Crippen MR) is 161 cm³/mol. The number of ether oxygens (including phenoxy) is 1. The molecule has 3 unspecified atom stereocenters. The second kappa shape index (κ2) is 11.5. The van der Waals surface area contributed by atoms with E-state index in [4.69, 9.17) is 4.74 Å². The molecular weight excluding hydrogens is 587 g/mol. The molecule has 6 atom stereocenters. The van der Waals surface area contributed by atoms with Crippen molar-refractivity contribution >= 4 is 37.1 Å². The van der Waals surface area contributed by atoms with Crippen LogP contribution in [0, 0.1) is 11.3 Å². The molecule has 1 aromatic rings. The molecule has 5 amide bonds. The Morgan fingerprint density at radius 1 is 1.14 bits per heavy atom. The number of hydrogen-bond donors (Lipinski definition) is 3. The van der Waals surface area contributed by atoms with E-state index >= 15 is 0 Å². The van der Waals surface area contributed by atoms with Crippen molar-refractivity contribution in [2.24, 2.45) is 11.3 Å². The standard InChI is InChI=1S/C31H41N4O8P/c1-6-18-16-31(18,44(5,41)42)33-25(36)23-15-19(35-26(37)21-13-9-10-14-22(21)27(35)38)17-34(23)28(39)24(30(2,3)4)32-29(40)43-20-11-7-8-12-20/h6,9-10,13-14,18-20,23-24H,1,7-8,11-12,15-17H2,2-5H3,(H,32,40)(H,33,36)(H,41,42)/t18?,19-,23+,24-,31?/m1/s1. The third-order valence-electron chi connectivity index (χ3n) is 9.36. The topological polar surface area (TPSA) is 162 Å². The second-order valence-corrected chi connectivity index (χ2v) is 16.1. The smallest absolute Gasteiger partial charge is 0.408 e. The van der Waals surface area contributed by atoms with Crippen LogP contribution in [0.2, 0.25) is 0 Å². The van der Waals surface area contributed by atoms with Crippen molar-refractivity contribution < 1.29 is 38.2 Å². The van der Waals surface area contributed by atoms with Gasteiger partial charge in [-0.15, -0.1) is 6.58 Å². The van der Waals surface area contributed by atoms with Crippen LogP contribution in [0.5, 0.6) is 0 Å². The lowest BCUT2D eigenvalue weighted by atomic mass is 9.85. The average Bonchev–Trinajstić information content (AvgIpc) is 3.24.